The van der Waals surface area contributed by atoms with Crippen molar-refractivity contribution in [3.8, 4) is 0 Å². The minimum absolute atomic E-state index is 0.411. The molecule has 0 aromatic carbocycles. The van der Waals surface area contributed by atoms with Crippen molar-refractivity contribution in [2.45, 2.75) is 6.54 Å². The zero-order valence-electron chi connectivity index (χ0n) is 8.81. The molecule has 0 aliphatic rings. The molecule has 0 unspecified atom stereocenters. The van der Waals surface area contributed by atoms with E-state index in [1.165, 1.54) is 11.1 Å². The van der Waals surface area contributed by atoms with E-state index < -0.39 is 5.91 Å². The summed E-state index contributed by atoms with van der Waals surface area (Å²) in [6.45, 7) is 0.708. The van der Waals surface area contributed by atoms with E-state index in [2.05, 4.69) is 26.2 Å². The first-order valence-electron chi connectivity index (χ1n) is 4.89. The van der Waals surface area contributed by atoms with Gasteiger partial charge in [0.15, 0.2) is 0 Å². The quantitative estimate of drug-likeness (QED) is 0.912. The van der Waals surface area contributed by atoms with Gasteiger partial charge in [0.1, 0.15) is 5.82 Å². The van der Waals surface area contributed by atoms with E-state index >= 15 is 0 Å². The van der Waals surface area contributed by atoms with Crippen molar-refractivity contribution in [2.75, 3.05) is 5.32 Å². The molecular formula is C11H10BrN3OS. The van der Waals surface area contributed by atoms with Gasteiger partial charge >= 0.3 is 0 Å². The Kier molecular flexibility index (Phi) is 3.75. The summed E-state index contributed by atoms with van der Waals surface area (Å²) in [5, 5.41) is 3.17. The van der Waals surface area contributed by atoms with Crippen molar-refractivity contribution in [3.63, 3.8) is 0 Å². The van der Waals surface area contributed by atoms with Crippen LogP contribution in [0.15, 0.2) is 34.2 Å². The van der Waals surface area contributed by atoms with Crippen LogP contribution in [0.2, 0.25) is 0 Å². The molecule has 4 nitrogen and oxygen atoms in total. The summed E-state index contributed by atoms with van der Waals surface area (Å²) in [6, 6.07) is 7.44. The molecule has 88 valence electrons. The number of anilines is 1. The van der Waals surface area contributed by atoms with E-state index in [1.807, 2.05) is 12.1 Å². The van der Waals surface area contributed by atoms with E-state index in [0.29, 0.717) is 12.1 Å². The number of nitrogens with one attached hydrogen (secondary N) is 1. The van der Waals surface area contributed by atoms with Gasteiger partial charge in [-0.05, 0) is 40.2 Å². The van der Waals surface area contributed by atoms with E-state index in [0.717, 1.165) is 9.60 Å². The molecule has 17 heavy (non-hydrogen) atoms. The average molecular weight is 312 g/mol. The second-order valence-corrected chi connectivity index (χ2v) is 5.90. The van der Waals surface area contributed by atoms with Crippen molar-refractivity contribution in [3.05, 3.63) is 44.7 Å². The molecule has 3 N–H and O–H groups in total. The lowest BCUT2D eigenvalue weighted by molar-refractivity contribution is 0.1000. The molecule has 0 radical (unpaired) electrons. The van der Waals surface area contributed by atoms with Gasteiger partial charge in [0.05, 0.1) is 15.9 Å². The Morgan fingerprint density at radius 1 is 1.41 bits per heavy atom. The maximum absolute atomic E-state index is 10.9. The van der Waals surface area contributed by atoms with Crippen molar-refractivity contribution in [1.29, 1.82) is 0 Å². The standard InChI is InChI=1S/C11H10BrN3OS/c12-9-3-2-8(17-9)6-15-10-4-1-7(5-14-10)11(13)16/h1-5H,6H2,(H2,13,16)(H,14,15). The van der Waals surface area contributed by atoms with Gasteiger partial charge in [0.2, 0.25) is 5.91 Å². The second-order valence-electron chi connectivity index (χ2n) is 3.36. The van der Waals surface area contributed by atoms with Gasteiger partial charge in [0, 0.05) is 11.1 Å². The average Bonchev–Trinajstić information content (AvgIpc) is 2.73. The highest BCUT2D eigenvalue weighted by atomic mass is 79.9. The van der Waals surface area contributed by atoms with Crippen molar-refractivity contribution < 1.29 is 4.79 Å². The number of hydrogen-bond donors (Lipinski definition) is 2. The molecule has 0 spiro atoms. The summed E-state index contributed by atoms with van der Waals surface area (Å²) in [6.07, 6.45) is 1.47. The number of hydrogen-bond acceptors (Lipinski definition) is 4. The Morgan fingerprint density at radius 3 is 2.76 bits per heavy atom. The van der Waals surface area contributed by atoms with Gasteiger partial charge < -0.3 is 11.1 Å². The van der Waals surface area contributed by atoms with Crippen molar-refractivity contribution in [2.24, 2.45) is 5.73 Å². The summed E-state index contributed by atoms with van der Waals surface area (Å²) in [4.78, 5) is 16.2. The lowest BCUT2D eigenvalue weighted by Crippen LogP contribution is -2.11. The van der Waals surface area contributed by atoms with Crippen LogP contribution in [-0.2, 0) is 6.54 Å². The molecule has 6 heteroatoms. The number of thiophene rings is 1. The Labute approximate surface area is 111 Å². The summed E-state index contributed by atoms with van der Waals surface area (Å²) in [7, 11) is 0. The predicted molar refractivity (Wildman–Crippen MR) is 72.1 cm³/mol. The lowest BCUT2D eigenvalue weighted by Gasteiger charge is -2.03. The molecule has 0 saturated heterocycles. The number of nitrogens with two attached hydrogens (primary N) is 1. The Hall–Kier alpha value is -1.40. The highest BCUT2D eigenvalue weighted by Crippen LogP contribution is 2.22. The van der Waals surface area contributed by atoms with Gasteiger partial charge in [-0.1, -0.05) is 0 Å². The summed E-state index contributed by atoms with van der Waals surface area (Å²) in [5.41, 5.74) is 5.54. The van der Waals surface area contributed by atoms with Gasteiger partial charge in [0.25, 0.3) is 0 Å². The summed E-state index contributed by atoms with van der Waals surface area (Å²) in [5.74, 6) is 0.255. The van der Waals surface area contributed by atoms with E-state index in [4.69, 9.17) is 5.73 Å². The van der Waals surface area contributed by atoms with Crippen LogP contribution in [0.1, 0.15) is 15.2 Å². The molecule has 0 atom stereocenters. The van der Waals surface area contributed by atoms with Crippen LogP contribution in [0.3, 0.4) is 0 Å². The topological polar surface area (TPSA) is 68.0 Å². The molecule has 1 amide bonds. The molecule has 0 aliphatic heterocycles. The normalized spacial score (nSPS) is 10.2. The minimum atomic E-state index is -0.466. The number of rotatable bonds is 4. The first-order valence-corrected chi connectivity index (χ1v) is 6.50. The van der Waals surface area contributed by atoms with Crippen LogP contribution in [0.5, 0.6) is 0 Å². The fourth-order valence-electron chi connectivity index (χ4n) is 1.27. The Bertz CT molecular complexity index is 524. The number of amides is 1. The molecule has 2 heterocycles. The summed E-state index contributed by atoms with van der Waals surface area (Å²) < 4.78 is 1.10. The molecule has 0 saturated carbocycles. The first kappa shape index (κ1) is 12.1. The van der Waals surface area contributed by atoms with Crippen molar-refractivity contribution in [1.82, 2.24) is 4.98 Å². The number of nitrogens with zero attached hydrogens (tertiary/aromatic N) is 1. The van der Waals surface area contributed by atoms with Gasteiger partial charge in [-0.15, -0.1) is 11.3 Å². The second kappa shape index (κ2) is 5.29. The van der Waals surface area contributed by atoms with Crippen LogP contribution in [0.25, 0.3) is 0 Å². The molecule has 0 bridgehead atoms. The number of pyridine rings is 1. The molecule has 2 rings (SSSR count). The molecule has 2 aromatic heterocycles. The van der Waals surface area contributed by atoms with E-state index in [-0.39, 0.29) is 0 Å². The zero-order chi connectivity index (χ0) is 12.3. The number of halogens is 1. The van der Waals surface area contributed by atoms with Crippen LogP contribution in [0, 0.1) is 0 Å². The third kappa shape index (κ3) is 3.28. The maximum Gasteiger partial charge on any atom is 0.250 e. The minimum Gasteiger partial charge on any atom is -0.366 e. The first-order chi connectivity index (χ1) is 8.15. The SMILES string of the molecule is NC(=O)c1ccc(NCc2ccc(Br)s2)nc1. The largest absolute Gasteiger partial charge is 0.366 e. The molecular weight excluding hydrogens is 302 g/mol. The third-order valence-corrected chi connectivity index (χ3v) is 3.74. The predicted octanol–water partition coefficient (Wildman–Crippen LogP) is 2.62. The lowest BCUT2D eigenvalue weighted by atomic mass is 10.3. The molecule has 0 fully saturated rings. The summed E-state index contributed by atoms with van der Waals surface area (Å²) >= 11 is 5.07. The number of carbonyl (C=O) groups excluding carboxylic acids is 1. The van der Waals surface area contributed by atoms with Crippen molar-refractivity contribution >= 4 is 39.0 Å². The van der Waals surface area contributed by atoms with Gasteiger partial charge in [-0.2, -0.15) is 0 Å². The number of aromatic nitrogens is 1. The van der Waals surface area contributed by atoms with E-state index in [9.17, 15) is 4.79 Å². The number of primary amides is 1. The number of carbonyl (C=O) groups is 1. The Morgan fingerprint density at radius 2 is 2.24 bits per heavy atom. The highest BCUT2D eigenvalue weighted by Gasteiger charge is 2.01. The maximum atomic E-state index is 10.9. The third-order valence-electron chi connectivity index (χ3n) is 2.12. The van der Waals surface area contributed by atoms with Crippen LogP contribution in [-0.4, -0.2) is 10.9 Å². The van der Waals surface area contributed by atoms with Crippen LogP contribution < -0.4 is 11.1 Å². The fraction of sp³-hybridized carbons (Fsp3) is 0.0909. The van der Waals surface area contributed by atoms with Crippen LogP contribution >= 0.6 is 27.3 Å². The smallest absolute Gasteiger partial charge is 0.250 e. The van der Waals surface area contributed by atoms with Gasteiger partial charge in [-0.3, -0.25) is 4.79 Å². The molecule has 0 aliphatic carbocycles. The monoisotopic (exact) mass is 311 g/mol. The van der Waals surface area contributed by atoms with Gasteiger partial charge in [-0.25, -0.2) is 4.98 Å². The zero-order valence-corrected chi connectivity index (χ0v) is 11.2. The highest BCUT2D eigenvalue weighted by molar-refractivity contribution is 9.11. The molecule has 2 aromatic rings. The fourth-order valence-corrected chi connectivity index (χ4v) is 2.69. The Balaban J connectivity index is 1.97. The van der Waals surface area contributed by atoms with E-state index in [1.54, 1.807) is 23.5 Å². The van der Waals surface area contributed by atoms with Crippen LogP contribution in [0.4, 0.5) is 5.82 Å².